The molecule has 9 rings (SSSR count). The van der Waals surface area contributed by atoms with Gasteiger partial charge in [0.15, 0.2) is 11.5 Å². The van der Waals surface area contributed by atoms with Crippen molar-refractivity contribution in [3.63, 3.8) is 0 Å². The summed E-state index contributed by atoms with van der Waals surface area (Å²) in [6, 6.07) is 26.4. The van der Waals surface area contributed by atoms with Crippen LogP contribution in [0, 0.1) is 34.6 Å². The lowest BCUT2D eigenvalue weighted by molar-refractivity contribution is 0.297. The van der Waals surface area contributed by atoms with Gasteiger partial charge in [0.1, 0.15) is 0 Å². The zero-order valence-electron chi connectivity index (χ0n) is 37.2. The number of ether oxygens (including phenoxy) is 2. The Morgan fingerprint density at radius 1 is 0.534 bits per heavy atom. The molecule has 4 nitrogen and oxygen atoms in total. The van der Waals surface area contributed by atoms with Crippen LogP contribution in [0.15, 0.2) is 66.7 Å². The Morgan fingerprint density at radius 2 is 1.03 bits per heavy atom. The molecule has 0 saturated carbocycles. The summed E-state index contributed by atoms with van der Waals surface area (Å²) in [6.07, 6.45) is 0.860. The predicted molar refractivity (Wildman–Crippen MR) is 251 cm³/mol. The maximum Gasteiger partial charge on any atom is 0.254 e. The van der Waals surface area contributed by atoms with Gasteiger partial charge in [-0.05, 0) is 141 Å². The van der Waals surface area contributed by atoms with Crippen molar-refractivity contribution in [2.45, 2.75) is 120 Å². The molecule has 3 aliphatic heterocycles. The minimum Gasteiger partial charge on any atom is -0.490 e. The van der Waals surface area contributed by atoms with Crippen LogP contribution in [0.3, 0.4) is 0 Å². The van der Waals surface area contributed by atoms with Gasteiger partial charge in [0.25, 0.3) is 6.71 Å². The normalized spacial score (nSPS) is 15.0. The van der Waals surface area contributed by atoms with E-state index in [2.05, 4.69) is 173 Å². The molecular weight excluding hydrogens is 727 g/mol. The summed E-state index contributed by atoms with van der Waals surface area (Å²) >= 11 is 1.94. The van der Waals surface area contributed by atoms with Gasteiger partial charge in [0, 0.05) is 34.2 Å². The lowest BCUT2D eigenvalue weighted by Gasteiger charge is -2.45. The lowest BCUT2D eigenvalue weighted by Crippen LogP contribution is -2.61. The molecule has 6 aromatic rings. The van der Waals surface area contributed by atoms with E-state index in [1.807, 2.05) is 11.3 Å². The highest BCUT2D eigenvalue weighted by Crippen LogP contribution is 2.52. The zero-order valence-corrected chi connectivity index (χ0v) is 38.0. The molecule has 0 atom stereocenters. The van der Waals surface area contributed by atoms with E-state index in [1.54, 1.807) is 0 Å². The molecule has 0 amide bonds. The monoisotopic (exact) mass is 786 g/mol. The van der Waals surface area contributed by atoms with Crippen LogP contribution in [-0.2, 0) is 16.2 Å². The third-order valence-electron chi connectivity index (χ3n) is 12.7. The molecule has 0 N–H and O–H groups in total. The van der Waals surface area contributed by atoms with Gasteiger partial charge in [-0.1, -0.05) is 98.7 Å². The summed E-state index contributed by atoms with van der Waals surface area (Å²) < 4.78 is 14.3. The molecule has 4 heterocycles. The fourth-order valence-electron chi connectivity index (χ4n) is 9.72. The minimum atomic E-state index is -0.0202. The highest BCUT2D eigenvalue weighted by atomic mass is 32.1. The molecule has 298 valence electrons. The van der Waals surface area contributed by atoms with Crippen LogP contribution in [0.5, 0.6) is 11.5 Å². The Hall–Kier alpha value is -4.68. The summed E-state index contributed by atoms with van der Waals surface area (Å²) in [5.74, 6) is 1.67. The number of aryl methyl sites for hydroxylation is 5. The van der Waals surface area contributed by atoms with E-state index in [-0.39, 0.29) is 23.0 Å². The van der Waals surface area contributed by atoms with E-state index in [0.717, 1.165) is 17.9 Å². The summed E-state index contributed by atoms with van der Waals surface area (Å²) in [4.78, 5) is 5.22. The van der Waals surface area contributed by atoms with Crippen LogP contribution in [-0.4, -0.2) is 19.9 Å². The number of nitrogens with zero attached hydrogens (tertiary/aromatic N) is 2. The molecular formula is C52H59BN2O2S. The molecule has 0 fully saturated rings. The van der Waals surface area contributed by atoms with Crippen LogP contribution in [0.4, 0.5) is 33.4 Å². The van der Waals surface area contributed by atoms with E-state index in [4.69, 9.17) is 9.47 Å². The Bertz CT molecular complexity index is 2640. The molecule has 3 aliphatic rings. The Balaban J connectivity index is 1.43. The molecule has 0 unspecified atom stereocenters. The number of fused-ring (bicyclic) bond motifs is 7. The second kappa shape index (κ2) is 13.2. The standard InChI is InChI=1S/C52H59BN2O2S/c1-29-20-40-46-41(21-29)55(48-32(4)24-36(25-33(48)5)52(12,13)14)49-45(37-26-34(50(6,7)8)16-17-44(37)58-49)53(46)38-27-42-43(57-19-15-18-56-42)28-39(38)54(40)47-30(2)22-35(23-31(47)3)51(9,10)11/h16-17,20-28H,15,18-19H2,1-14H3. The smallest absolute Gasteiger partial charge is 0.254 e. The second-order valence-electron chi connectivity index (χ2n) is 20.4. The first-order chi connectivity index (χ1) is 27.2. The number of hydrogen-bond donors (Lipinski definition) is 0. The van der Waals surface area contributed by atoms with Crippen LogP contribution >= 0.6 is 11.3 Å². The number of benzene rings is 5. The van der Waals surface area contributed by atoms with Gasteiger partial charge in [0.2, 0.25) is 0 Å². The number of thiophene rings is 1. The van der Waals surface area contributed by atoms with Crippen molar-refractivity contribution in [3.05, 3.63) is 111 Å². The fraction of sp³-hybridized carbons (Fsp3) is 0.385. The van der Waals surface area contributed by atoms with Gasteiger partial charge < -0.3 is 19.3 Å². The van der Waals surface area contributed by atoms with Crippen LogP contribution in [0.25, 0.3) is 10.1 Å². The van der Waals surface area contributed by atoms with E-state index < -0.39 is 0 Å². The van der Waals surface area contributed by atoms with E-state index >= 15 is 0 Å². The molecule has 0 saturated heterocycles. The van der Waals surface area contributed by atoms with Crippen LogP contribution in [0.1, 0.15) is 113 Å². The van der Waals surface area contributed by atoms with Gasteiger partial charge >= 0.3 is 0 Å². The zero-order chi connectivity index (χ0) is 41.4. The average Bonchev–Trinajstić information content (AvgIpc) is 3.34. The van der Waals surface area contributed by atoms with Crippen molar-refractivity contribution in [3.8, 4) is 11.5 Å². The highest BCUT2D eigenvalue weighted by molar-refractivity contribution is 7.26. The number of hydrogen-bond acceptors (Lipinski definition) is 5. The Labute approximate surface area is 351 Å². The summed E-state index contributed by atoms with van der Waals surface area (Å²) in [7, 11) is 0. The van der Waals surface area contributed by atoms with Gasteiger partial charge in [-0.25, -0.2) is 0 Å². The topological polar surface area (TPSA) is 24.9 Å². The third-order valence-corrected chi connectivity index (χ3v) is 13.9. The van der Waals surface area contributed by atoms with Crippen LogP contribution < -0.4 is 35.7 Å². The largest absolute Gasteiger partial charge is 0.490 e. The first kappa shape index (κ1) is 38.8. The first-order valence-corrected chi connectivity index (χ1v) is 22.0. The summed E-state index contributed by atoms with van der Waals surface area (Å²) in [5, 5.41) is 2.65. The van der Waals surface area contributed by atoms with Crippen molar-refractivity contribution >= 4 is 78.0 Å². The van der Waals surface area contributed by atoms with Gasteiger partial charge in [0.05, 0.1) is 29.6 Å². The summed E-state index contributed by atoms with van der Waals surface area (Å²) in [5.41, 5.74) is 20.7. The molecule has 1 aromatic heterocycles. The predicted octanol–water partition coefficient (Wildman–Crippen LogP) is 12.6. The highest BCUT2D eigenvalue weighted by Gasteiger charge is 2.47. The molecule has 0 bridgehead atoms. The van der Waals surface area contributed by atoms with Gasteiger partial charge in [-0.15, -0.1) is 11.3 Å². The van der Waals surface area contributed by atoms with Crippen molar-refractivity contribution in [1.82, 2.24) is 0 Å². The third kappa shape index (κ3) is 6.07. The number of rotatable bonds is 2. The fourth-order valence-corrected chi connectivity index (χ4v) is 11.0. The molecule has 0 radical (unpaired) electrons. The molecule has 0 spiro atoms. The second-order valence-corrected chi connectivity index (χ2v) is 21.5. The van der Waals surface area contributed by atoms with E-state index in [0.29, 0.717) is 13.2 Å². The van der Waals surface area contributed by atoms with Gasteiger partial charge in [-0.3, -0.25) is 0 Å². The van der Waals surface area contributed by atoms with Gasteiger partial charge in [-0.2, -0.15) is 0 Å². The minimum absolute atomic E-state index is 0.00551. The first-order valence-electron chi connectivity index (χ1n) is 21.2. The van der Waals surface area contributed by atoms with Crippen molar-refractivity contribution in [1.29, 1.82) is 0 Å². The van der Waals surface area contributed by atoms with Crippen molar-refractivity contribution in [2.75, 3.05) is 23.0 Å². The Morgan fingerprint density at radius 3 is 1.57 bits per heavy atom. The lowest BCUT2D eigenvalue weighted by atomic mass is 9.33. The molecule has 0 aliphatic carbocycles. The average molecular weight is 787 g/mol. The van der Waals surface area contributed by atoms with E-state index in [9.17, 15) is 0 Å². The molecule has 6 heteroatoms. The number of anilines is 6. The van der Waals surface area contributed by atoms with Crippen molar-refractivity contribution < 1.29 is 9.47 Å². The maximum atomic E-state index is 6.53. The van der Waals surface area contributed by atoms with Crippen molar-refractivity contribution in [2.24, 2.45) is 0 Å². The Kier molecular flexibility index (Phi) is 8.81. The summed E-state index contributed by atoms with van der Waals surface area (Å²) in [6.45, 7) is 33.6. The van der Waals surface area contributed by atoms with Crippen LogP contribution in [0.2, 0.25) is 0 Å². The molecule has 58 heavy (non-hydrogen) atoms. The van der Waals surface area contributed by atoms with E-state index in [1.165, 1.54) is 104 Å². The molecule has 5 aromatic carbocycles. The maximum absolute atomic E-state index is 6.53. The SMILES string of the molecule is Cc1cc2c3c(c1)N(c1c(C)cc(C(C)(C)C)cc1C)c1sc4ccc(C(C)(C)C)cc4c1B3c1cc3c(cc1N2c1c(C)cc(C(C)(C)C)cc1C)OCCCO3. The quantitative estimate of drug-likeness (QED) is 0.163.